The summed E-state index contributed by atoms with van der Waals surface area (Å²) in [5.74, 6) is 0.985. The van der Waals surface area contributed by atoms with E-state index in [1.165, 1.54) is 0 Å². The Kier molecular flexibility index (Phi) is 4.99. The van der Waals surface area contributed by atoms with Crippen LogP contribution in [0.1, 0.15) is 31.9 Å². The highest BCUT2D eigenvalue weighted by molar-refractivity contribution is 5.48. The first-order valence-electron chi connectivity index (χ1n) is 5.77. The minimum atomic E-state index is 0.00729. The fraction of sp³-hybridized carbons (Fsp3) is 0.462. The van der Waals surface area contributed by atoms with Crippen LogP contribution in [0.2, 0.25) is 0 Å². The van der Waals surface area contributed by atoms with Gasteiger partial charge in [0, 0.05) is 30.9 Å². The van der Waals surface area contributed by atoms with Crippen LogP contribution in [-0.4, -0.2) is 18.1 Å². The average Bonchev–Trinajstić information content (AvgIpc) is 2.29. The highest BCUT2D eigenvalue weighted by Gasteiger charge is 2.12. The highest BCUT2D eigenvalue weighted by Crippen LogP contribution is 2.22. The summed E-state index contributed by atoms with van der Waals surface area (Å²) in [5.41, 5.74) is 7.05. The maximum absolute atomic E-state index is 5.95. The molecular weight excluding hydrogens is 198 g/mol. The van der Waals surface area contributed by atoms with Crippen LogP contribution >= 0.6 is 0 Å². The van der Waals surface area contributed by atoms with Crippen LogP contribution in [-0.2, 0) is 0 Å². The summed E-state index contributed by atoms with van der Waals surface area (Å²) in [6.07, 6.45) is 4.80. The molecule has 0 unspecified atom stereocenters. The van der Waals surface area contributed by atoms with Gasteiger partial charge in [0.05, 0.1) is 0 Å². The quantitative estimate of drug-likeness (QED) is 0.747. The molecule has 16 heavy (non-hydrogen) atoms. The van der Waals surface area contributed by atoms with Crippen molar-refractivity contribution in [3.63, 3.8) is 0 Å². The molecule has 0 aliphatic heterocycles. The summed E-state index contributed by atoms with van der Waals surface area (Å²) in [4.78, 5) is 6.65. The molecule has 1 atom stereocenters. The minimum Gasteiger partial charge on any atom is -0.353 e. The van der Waals surface area contributed by atoms with E-state index in [-0.39, 0.29) is 6.04 Å². The van der Waals surface area contributed by atoms with Crippen LogP contribution < -0.4 is 10.6 Å². The van der Waals surface area contributed by atoms with Gasteiger partial charge < -0.3 is 10.6 Å². The Morgan fingerprint density at radius 3 is 2.94 bits per heavy atom. The first-order chi connectivity index (χ1) is 7.70. The van der Waals surface area contributed by atoms with Crippen molar-refractivity contribution in [1.82, 2.24) is 4.98 Å². The molecule has 88 valence electrons. The van der Waals surface area contributed by atoms with Crippen molar-refractivity contribution >= 4 is 5.82 Å². The lowest BCUT2D eigenvalue weighted by Crippen LogP contribution is -2.27. The van der Waals surface area contributed by atoms with Crippen LogP contribution in [0.15, 0.2) is 31.0 Å². The minimum absolute atomic E-state index is 0.00729. The summed E-state index contributed by atoms with van der Waals surface area (Å²) in [5, 5.41) is 0. The summed E-state index contributed by atoms with van der Waals surface area (Å²) in [7, 11) is 0. The van der Waals surface area contributed by atoms with Crippen LogP contribution in [0.25, 0.3) is 0 Å². The lowest BCUT2D eigenvalue weighted by molar-refractivity contribution is 0.760. The lowest BCUT2D eigenvalue weighted by Gasteiger charge is -2.25. The van der Waals surface area contributed by atoms with E-state index in [0.717, 1.165) is 30.9 Å². The molecule has 0 spiro atoms. The Morgan fingerprint density at radius 2 is 2.38 bits per heavy atom. The summed E-state index contributed by atoms with van der Waals surface area (Å²) < 4.78 is 0. The Bertz CT molecular complexity index is 334. The zero-order valence-corrected chi connectivity index (χ0v) is 10.2. The predicted octanol–water partition coefficient (Wildman–Crippen LogP) is 2.50. The molecule has 1 aromatic rings. The first kappa shape index (κ1) is 12.7. The van der Waals surface area contributed by atoms with Gasteiger partial charge in [-0.2, -0.15) is 0 Å². The maximum atomic E-state index is 5.95. The SMILES string of the molecule is C=CCN(CCC)c1ncccc1[C@H](C)N. The van der Waals surface area contributed by atoms with Crippen LogP contribution in [0, 0.1) is 0 Å². The molecule has 0 amide bonds. The Morgan fingerprint density at radius 1 is 1.62 bits per heavy atom. The van der Waals surface area contributed by atoms with Crippen molar-refractivity contribution in [2.24, 2.45) is 5.73 Å². The lowest BCUT2D eigenvalue weighted by atomic mass is 10.1. The Balaban J connectivity index is 3.01. The third kappa shape index (κ3) is 3.07. The molecule has 0 aromatic carbocycles. The second-order valence-electron chi connectivity index (χ2n) is 3.94. The predicted molar refractivity (Wildman–Crippen MR) is 69.5 cm³/mol. The normalized spacial score (nSPS) is 12.2. The van der Waals surface area contributed by atoms with E-state index in [2.05, 4.69) is 23.4 Å². The van der Waals surface area contributed by atoms with Gasteiger partial charge >= 0.3 is 0 Å². The van der Waals surface area contributed by atoms with Crippen molar-refractivity contribution in [1.29, 1.82) is 0 Å². The van der Waals surface area contributed by atoms with E-state index >= 15 is 0 Å². The standard InChI is InChI=1S/C13H21N3/c1-4-9-16(10-5-2)13-12(11(3)14)7-6-8-15-13/h4,6-8,11H,1,5,9-10,14H2,2-3H3/t11-/m0/s1. The van der Waals surface area contributed by atoms with Gasteiger partial charge in [-0.05, 0) is 19.4 Å². The molecule has 1 heterocycles. The van der Waals surface area contributed by atoms with E-state index in [0.29, 0.717) is 0 Å². The van der Waals surface area contributed by atoms with Crippen molar-refractivity contribution in [2.75, 3.05) is 18.0 Å². The second kappa shape index (κ2) is 6.28. The first-order valence-corrected chi connectivity index (χ1v) is 5.77. The number of hydrogen-bond acceptors (Lipinski definition) is 3. The van der Waals surface area contributed by atoms with Crippen molar-refractivity contribution in [2.45, 2.75) is 26.3 Å². The molecule has 0 saturated heterocycles. The topological polar surface area (TPSA) is 42.2 Å². The molecule has 1 aromatic heterocycles. The third-order valence-electron chi connectivity index (χ3n) is 2.45. The number of hydrogen-bond donors (Lipinski definition) is 1. The van der Waals surface area contributed by atoms with Gasteiger partial charge in [0.15, 0.2) is 0 Å². The maximum Gasteiger partial charge on any atom is 0.133 e. The molecular formula is C13H21N3. The Hall–Kier alpha value is -1.35. The number of pyridine rings is 1. The third-order valence-corrected chi connectivity index (χ3v) is 2.45. The summed E-state index contributed by atoms with van der Waals surface area (Å²) in [6.45, 7) is 9.71. The number of nitrogens with two attached hydrogens (primary N) is 1. The Labute approximate surface area is 98.0 Å². The molecule has 2 N–H and O–H groups in total. The molecule has 0 radical (unpaired) electrons. The fourth-order valence-electron chi connectivity index (χ4n) is 1.74. The van der Waals surface area contributed by atoms with Gasteiger partial charge in [-0.25, -0.2) is 4.98 Å². The molecule has 0 fully saturated rings. The average molecular weight is 219 g/mol. The van der Waals surface area contributed by atoms with E-state index < -0.39 is 0 Å². The summed E-state index contributed by atoms with van der Waals surface area (Å²) in [6, 6.07) is 3.98. The van der Waals surface area contributed by atoms with E-state index in [4.69, 9.17) is 5.73 Å². The second-order valence-corrected chi connectivity index (χ2v) is 3.94. The van der Waals surface area contributed by atoms with E-state index in [1.807, 2.05) is 31.3 Å². The smallest absolute Gasteiger partial charge is 0.133 e. The molecule has 3 nitrogen and oxygen atoms in total. The van der Waals surface area contributed by atoms with E-state index in [9.17, 15) is 0 Å². The number of nitrogens with zero attached hydrogens (tertiary/aromatic N) is 2. The van der Waals surface area contributed by atoms with Gasteiger partial charge in [-0.3, -0.25) is 0 Å². The zero-order chi connectivity index (χ0) is 12.0. The van der Waals surface area contributed by atoms with Gasteiger partial charge in [-0.15, -0.1) is 6.58 Å². The fourth-order valence-corrected chi connectivity index (χ4v) is 1.74. The molecule has 0 aliphatic carbocycles. The van der Waals surface area contributed by atoms with Gasteiger partial charge in [0.2, 0.25) is 0 Å². The summed E-state index contributed by atoms with van der Waals surface area (Å²) >= 11 is 0. The van der Waals surface area contributed by atoms with Crippen LogP contribution in [0.3, 0.4) is 0 Å². The van der Waals surface area contributed by atoms with Crippen molar-refractivity contribution < 1.29 is 0 Å². The monoisotopic (exact) mass is 219 g/mol. The van der Waals surface area contributed by atoms with Crippen molar-refractivity contribution in [3.8, 4) is 0 Å². The van der Waals surface area contributed by atoms with Crippen molar-refractivity contribution in [3.05, 3.63) is 36.5 Å². The van der Waals surface area contributed by atoms with Gasteiger partial charge in [0.25, 0.3) is 0 Å². The van der Waals surface area contributed by atoms with Crippen LogP contribution in [0.4, 0.5) is 5.82 Å². The largest absolute Gasteiger partial charge is 0.353 e. The molecule has 0 aliphatic rings. The molecule has 1 rings (SSSR count). The highest BCUT2D eigenvalue weighted by atomic mass is 15.2. The molecule has 0 saturated carbocycles. The number of aromatic nitrogens is 1. The van der Waals surface area contributed by atoms with Gasteiger partial charge in [-0.1, -0.05) is 19.1 Å². The van der Waals surface area contributed by atoms with Gasteiger partial charge in [0.1, 0.15) is 5.82 Å². The van der Waals surface area contributed by atoms with E-state index in [1.54, 1.807) is 0 Å². The number of anilines is 1. The zero-order valence-electron chi connectivity index (χ0n) is 10.2. The molecule has 3 heteroatoms. The number of rotatable bonds is 6. The van der Waals surface area contributed by atoms with Crippen LogP contribution in [0.5, 0.6) is 0 Å². The molecule has 0 bridgehead atoms.